The van der Waals surface area contributed by atoms with Crippen molar-refractivity contribution in [1.29, 1.82) is 0 Å². The van der Waals surface area contributed by atoms with Crippen molar-refractivity contribution in [3.63, 3.8) is 0 Å². The first-order valence-corrected chi connectivity index (χ1v) is 14.8. The lowest BCUT2D eigenvalue weighted by Gasteiger charge is -2.33. The fourth-order valence-corrected chi connectivity index (χ4v) is 5.80. The van der Waals surface area contributed by atoms with E-state index in [1.807, 2.05) is 0 Å². The minimum absolute atomic E-state index is 0.00617. The molecule has 3 aromatic rings. The van der Waals surface area contributed by atoms with Crippen molar-refractivity contribution >= 4 is 35.0 Å². The molecular weight excluding hydrogens is 620 g/mol. The SMILES string of the molecule is Cn1c(-c2ccc(OC(F)F)c(F)c2F)cnc1C(=O)Nc1ccc(C(=O)N2CCC(C(=O)NC3CCNCC3)CC2)c(Cl)c1. The number of carbonyl (C=O) groups is 3. The minimum atomic E-state index is -3.33. The number of nitrogens with one attached hydrogen (secondary N) is 3. The second-order valence-electron chi connectivity index (χ2n) is 10.9. The molecule has 5 rings (SSSR count). The predicted octanol–water partition coefficient (Wildman–Crippen LogP) is 4.59. The molecule has 2 aliphatic heterocycles. The van der Waals surface area contributed by atoms with Crippen molar-refractivity contribution in [3.8, 4) is 17.0 Å². The summed E-state index contributed by atoms with van der Waals surface area (Å²) in [4.78, 5) is 44.5. The molecule has 2 saturated heterocycles. The van der Waals surface area contributed by atoms with Crippen LogP contribution in [0, 0.1) is 17.6 Å². The molecule has 0 aliphatic carbocycles. The fourth-order valence-electron chi connectivity index (χ4n) is 5.54. The number of piperidine rings is 2. The summed E-state index contributed by atoms with van der Waals surface area (Å²) in [5.41, 5.74) is 0.181. The molecule has 2 aliphatic rings. The Hall–Kier alpha value is -4.17. The number of carbonyl (C=O) groups excluding carboxylic acids is 3. The number of nitrogens with zero attached hydrogens (tertiary/aromatic N) is 3. The van der Waals surface area contributed by atoms with Gasteiger partial charge in [-0.1, -0.05) is 11.6 Å². The number of benzene rings is 2. The van der Waals surface area contributed by atoms with Gasteiger partial charge in [-0.2, -0.15) is 13.2 Å². The number of likely N-dealkylation sites (tertiary alicyclic amines) is 1. The minimum Gasteiger partial charge on any atom is -0.432 e. The summed E-state index contributed by atoms with van der Waals surface area (Å²) >= 11 is 6.43. The number of hydrogen-bond donors (Lipinski definition) is 3. The maximum atomic E-state index is 14.7. The van der Waals surface area contributed by atoms with E-state index in [0.717, 1.165) is 44.3 Å². The molecule has 3 heterocycles. The number of amides is 3. The summed E-state index contributed by atoms with van der Waals surface area (Å²) in [6, 6.07) is 6.46. The van der Waals surface area contributed by atoms with E-state index < -0.39 is 29.9 Å². The van der Waals surface area contributed by atoms with Gasteiger partial charge in [-0.3, -0.25) is 14.4 Å². The summed E-state index contributed by atoms with van der Waals surface area (Å²) in [6.07, 6.45) is 4.03. The summed E-state index contributed by atoms with van der Waals surface area (Å²) in [6.45, 7) is -0.750. The molecule has 1 aromatic heterocycles. The third-order valence-electron chi connectivity index (χ3n) is 8.03. The zero-order chi connectivity index (χ0) is 32.2. The number of anilines is 1. The molecule has 3 N–H and O–H groups in total. The smallest absolute Gasteiger partial charge is 0.387 e. The van der Waals surface area contributed by atoms with Gasteiger partial charge in [0.25, 0.3) is 11.8 Å². The van der Waals surface area contributed by atoms with Crippen LogP contribution >= 0.6 is 11.6 Å². The van der Waals surface area contributed by atoms with E-state index in [1.54, 1.807) is 4.90 Å². The van der Waals surface area contributed by atoms with E-state index >= 15 is 0 Å². The largest absolute Gasteiger partial charge is 0.432 e. The van der Waals surface area contributed by atoms with Crippen LogP contribution in [-0.2, 0) is 11.8 Å². The highest BCUT2D eigenvalue weighted by Crippen LogP contribution is 2.31. The van der Waals surface area contributed by atoms with Gasteiger partial charge in [-0.15, -0.1) is 0 Å². The van der Waals surface area contributed by atoms with Crippen LogP contribution < -0.4 is 20.7 Å². The van der Waals surface area contributed by atoms with Crippen LogP contribution in [0.15, 0.2) is 36.5 Å². The van der Waals surface area contributed by atoms with Crippen LogP contribution in [0.3, 0.4) is 0 Å². The number of ether oxygens (including phenoxy) is 1. The van der Waals surface area contributed by atoms with Gasteiger partial charge >= 0.3 is 6.61 Å². The molecule has 240 valence electrons. The predicted molar refractivity (Wildman–Crippen MR) is 157 cm³/mol. The van der Waals surface area contributed by atoms with Crippen molar-refractivity contribution in [3.05, 3.63) is 64.6 Å². The highest BCUT2D eigenvalue weighted by molar-refractivity contribution is 6.34. The first kappa shape index (κ1) is 32.2. The van der Waals surface area contributed by atoms with Crippen LogP contribution in [0.25, 0.3) is 11.3 Å². The molecule has 45 heavy (non-hydrogen) atoms. The topological polar surface area (TPSA) is 118 Å². The van der Waals surface area contributed by atoms with Gasteiger partial charge < -0.3 is 30.2 Å². The standard InChI is InChI=1S/C30H31ClF4N6O4/c1-40-22(20-4-5-23(45-30(34)35)25(33)24(20)32)15-37-26(40)28(43)39-18-2-3-19(21(31)14-18)29(44)41-12-8-16(9-13-41)27(42)38-17-6-10-36-11-7-17/h2-5,14-17,30,36H,6-13H2,1H3,(H,38,42)(H,39,43). The Kier molecular flexibility index (Phi) is 9.93. The normalized spacial score (nSPS) is 16.1. The molecule has 0 spiro atoms. The average molecular weight is 651 g/mol. The third-order valence-corrected chi connectivity index (χ3v) is 8.34. The maximum Gasteiger partial charge on any atom is 0.387 e. The summed E-state index contributed by atoms with van der Waals surface area (Å²) in [5, 5.41) is 9.11. The summed E-state index contributed by atoms with van der Waals surface area (Å²) < 4.78 is 59.0. The number of hydrogen-bond acceptors (Lipinski definition) is 6. The molecule has 0 atom stereocenters. The number of rotatable bonds is 8. The van der Waals surface area contributed by atoms with Crippen molar-refractivity contribution in [2.45, 2.75) is 38.3 Å². The zero-order valence-electron chi connectivity index (χ0n) is 24.2. The molecule has 0 saturated carbocycles. The Morgan fingerprint density at radius 1 is 1.04 bits per heavy atom. The molecule has 15 heteroatoms. The highest BCUT2D eigenvalue weighted by atomic mass is 35.5. The molecule has 3 amide bonds. The lowest BCUT2D eigenvalue weighted by molar-refractivity contribution is -0.127. The quantitative estimate of drug-likeness (QED) is 0.307. The Morgan fingerprint density at radius 2 is 1.76 bits per heavy atom. The Labute approximate surface area is 261 Å². The fraction of sp³-hybridized carbons (Fsp3) is 0.400. The van der Waals surface area contributed by atoms with Crippen molar-refractivity contribution in [1.82, 2.24) is 25.1 Å². The Balaban J connectivity index is 1.20. The van der Waals surface area contributed by atoms with E-state index in [9.17, 15) is 31.9 Å². The van der Waals surface area contributed by atoms with Crippen LogP contribution in [0.5, 0.6) is 5.75 Å². The number of aromatic nitrogens is 2. The van der Waals surface area contributed by atoms with Crippen molar-refractivity contribution < 1.29 is 36.7 Å². The van der Waals surface area contributed by atoms with Gasteiger partial charge in [-0.05, 0) is 69.1 Å². The number of alkyl halides is 2. The van der Waals surface area contributed by atoms with Crippen molar-refractivity contribution in [2.24, 2.45) is 13.0 Å². The molecule has 0 radical (unpaired) electrons. The summed E-state index contributed by atoms with van der Waals surface area (Å²) in [5.74, 6) is -5.29. The summed E-state index contributed by atoms with van der Waals surface area (Å²) in [7, 11) is 1.40. The van der Waals surface area contributed by atoms with Gasteiger partial charge in [0.05, 0.1) is 22.5 Å². The lowest BCUT2D eigenvalue weighted by Crippen LogP contribution is -2.48. The van der Waals surface area contributed by atoms with E-state index in [0.29, 0.717) is 25.9 Å². The second kappa shape index (κ2) is 13.9. The van der Waals surface area contributed by atoms with E-state index in [-0.39, 0.29) is 57.1 Å². The van der Waals surface area contributed by atoms with E-state index in [1.165, 1.54) is 29.8 Å². The van der Waals surface area contributed by atoms with Crippen LogP contribution in [0.1, 0.15) is 46.7 Å². The van der Waals surface area contributed by atoms with Crippen LogP contribution in [0.2, 0.25) is 5.02 Å². The van der Waals surface area contributed by atoms with Gasteiger partial charge in [0.2, 0.25) is 11.7 Å². The molecule has 10 nitrogen and oxygen atoms in total. The second-order valence-corrected chi connectivity index (χ2v) is 11.3. The van der Waals surface area contributed by atoms with Crippen molar-refractivity contribution in [2.75, 3.05) is 31.5 Å². The molecule has 0 bridgehead atoms. The zero-order valence-corrected chi connectivity index (χ0v) is 25.0. The van der Waals surface area contributed by atoms with Crippen LogP contribution in [0.4, 0.5) is 23.2 Å². The third kappa shape index (κ3) is 7.22. The van der Waals surface area contributed by atoms with Gasteiger partial charge in [0.1, 0.15) is 0 Å². The van der Waals surface area contributed by atoms with E-state index in [2.05, 4.69) is 25.7 Å². The first-order chi connectivity index (χ1) is 21.5. The Bertz CT molecular complexity index is 1590. The van der Waals surface area contributed by atoms with E-state index in [4.69, 9.17) is 11.6 Å². The highest BCUT2D eigenvalue weighted by Gasteiger charge is 2.30. The molecule has 0 unspecified atom stereocenters. The van der Waals surface area contributed by atoms with Gasteiger partial charge in [0.15, 0.2) is 17.4 Å². The monoisotopic (exact) mass is 650 g/mol. The molecule has 2 aromatic carbocycles. The average Bonchev–Trinajstić information content (AvgIpc) is 3.40. The molecular formula is C30H31ClF4N6O4. The lowest BCUT2D eigenvalue weighted by atomic mass is 9.94. The first-order valence-electron chi connectivity index (χ1n) is 14.4. The number of imidazole rings is 1. The Morgan fingerprint density at radius 3 is 2.42 bits per heavy atom. The maximum absolute atomic E-state index is 14.7. The van der Waals surface area contributed by atoms with Gasteiger partial charge in [0, 0.05) is 43.3 Å². The van der Waals surface area contributed by atoms with Crippen LogP contribution in [-0.4, -0.2) is 71.0 Å². The molecule has 2 fully saturated rings. The number of halogens is 5. The van der Waals surface area contributed by atoms with Gasteiger partial charge in [-0.25, -0.2) is 9.37 Å².